The van der Waals surface area contributed by atoms with Crippen molar-refractivity contribution in [3.63, 3.8) is 0 Å². The van der Waals surface area contributed by atoms with Crippen LogP contribution in [0.5, 0.6) is 0 Å². The average Bonchev–Trinajstić information content (AvgIpc) is 3.23. The summed E-state index contributed by atoms with van der Waals surface area (Å²) in [6, 6.07) is 0.820. The van der Waals surface area contributed by atoms with E-state index in [4.69, 9.17) is 4.74 Å². The molecule has 0 aromatic carbocycles. The highest BCUT2D eigenvalue weighted by molar-refractivity contribution is 4.91. The SMILES string of the molecule is C1CCC(CNC2CC2)(OCCC2CC2)CC1. The fourth-order valence-electron chi connectivity index (χ4n) is 3.03. The van der Waals surface area contributed by atoms with Gasteiger partial charge >= 0.3 is 0 Å². The summed E-state index contributed by atoms with van der Waals surface area (Å²) < 4.78 is 6.34. The molecule has 2 nitrogen and oxygen atoms in total. The van der Waals surface area contributed by atoms with Crippen molar-refractivity contribution >= 4 is 0 Å². The molecule has 0 amide bonds. The Morgan fingerprint density at radius 1 is 1.00 bits per heavy atom. The Bertz CT molecular complexity index is 239. The van der Waals surface area contributed by atoms with Crippen LogP contribution in [0.3, 0.4) is 0 Å². The molecule has 3 fully saturated rings. The fourth-order valence-corrected chi connectivity index (χ4v) is 3.03. The maximum absolute atomic E-state index is 6.34. The number of nitrogens with one attached hydrogen (secondary N) is 1. The summed E-state index contributed by atoms with van der Waals surface area (Å²) in [4.78, 5) is 0. The van der Waals surface area contributed by atoms with Gasteiger partial charge in [0, 0.05) is 19.2 Å². The highest BCUT2D eigenvalue weighted by atomic mass is 16.5. The minimum Gasteiger partial charge on any atom is -0.374 e. The summed E-state index contributed by atoms with van der Waals surface area (Å²) >= 11 is 0. The van der Waals surface area contributed by atoms with Gasteiger partial charge in [-0.25, -0.2) is 0 Å². The number of hydrogen-bond donors (Lipinski definition) is 1. The van der Waals surface area contributed by atoms with Crippen molar-refractivity contribution in [2.75, 3.05) is 13.2 Å². The fraction of sp³-hybridized carbons (Fsp3) is 1.00. The van der Waals surface area contributed by atoms with E-state index in [9.17, 15) is 0 Å². The monoisotopic (exact) mass is 237 g/mol. The molecule has 0 aromatic heterocycles. The molecule has 0 spiro atoms. The lowest BCUT2D eigenvalue weighted by Gasteiger charge is -2.37. The van der Waals surface area contributed by atoms with E-state index in [2.05, 4.69) is 5.32 Å². The van der Waals surface area contributed by atoms with Crippen LogP contribution in [0.25, 0.3) is 0 Å². The molecular weight excluding hydrogens is 210 g/mol. The van der Waals surface area contributed by atoms with Gasteiger partial charge in [-0.2, -0.15) is 0 Å². The zero-order valence-corrected chi connectivity index (χ0v) is 11.0. The highest BCUT2D eigenvalue weighted by Gasteiger charge is 2.35. The van der Waals surface area contributed by atoms with E-state index < -0.39 is 0 Å². The van der Waals surface area contributed by atoms with Gasteiger partial charge in [-0.3, -0.25) is 0 Å². The predicted octanol–water partition coefficient (Wildman–Crippen LogP) is 3.26. The molecule has 1 N–H and O–H groups in total. The van der Waals surface area contributed by atoms with E-state index in [-0.39, 0.29) is 5.60 Å². The second kappa shape index (κ2) is 5.27. The van der Waals surface area contributed by atoms with Crippen molar-refractivity contribution in [2.45, 2.75) is 75.9 Å². The van der Waals surface area contributed by atoms with Crippen molar-refractivity contribution in [3.8, 4) is 0 Å². The van der Waals surface area contributed by atoms with Gasteiger partial charge in [0.15, 0.2) is 0 Å². The number of hydrogen-bond acceptors (Lipinski definition) is 2. The van der Waals surface area contributed by atoms with E-state index in [1.165, 1.54) is 64.2 Å². The molecule has 0 aliphatic heterocycles. The van der Waals surface area contributed by atoms with Gasteiger partial charge < -0.3 is 10.1 Å². The first-order valence-corrected chi connectivity index (χ1v) is 7.74. The van der Waals surface area contributed by atoms with Crippen LogP contribution in [-0.4, -0.2) is 24.8 Å². The first kappa shape index (κ1) is 12.0. The molecule has 0 radical (unpaired) electrons. The first-order chi connectivity index (χ1) is 8.36. The van der Waals surface area contributed by atoms with Crippen LogP contribution in [0.15, 0.2) is 0 Å². The van der Waals surface area contributed by atoms with Crippen LogP contribution in [0, 0.1) is 5.92 Å². The van der Waals surface area contributed by atoms with Crippen LogP contribution in [0.2, 0.25) is 0 Å². The summed E-state index contributed by atoms with van der Waals surface area (Å²) in [7, 11) is 0. The number of rotatable bonds is 7. The van der Waals surface area contributed by atoms with Crippen LogP contribution < -0.4 is 5.32 Å². The quantitative estimate of drug-likeness (QED) is 0.734. The maximum atomic E-state index is 6.34. The van der Waals surface area contributed by atoms with E-state index in [1.54, 1.807) is 0 Å². The Balaban J connectivity index is 1.45. The molecule has 17 heavy (non-hydrogen) atoms. The summed E-state index contributed by atoms with van der Waals surface area (Å²) in [5, 5.41) is 3.70. The maximum Gasteiger partial charge on any atom is 0.0806 e. The third-order valence-corrected chi connectivity index (χ3v) is 4.69. The van der Waals surface area contributed by atoms with Crippen molar-refractivity contribution in [3.05, 3.63) is 0 Å². The van der Waals surface area contributed by atoms with Crippen LogP contribution in [0.1, 0.15) is 64.2 Å². The minimum absolute atomic E-state index is 0.204. The summed E-state index contributed by atoms with van der Waals surface area (Å²) in [6.45, 7) is 2.12. The van der Waals surface area contributed by atoms with Crippen LogP contribution in [0.4, 0.5) is 0 Å². The first-order valence-electron chi connectivity index (χ1n) is 7.74. The molecular formula is C15H27NO. The molecule has 3 saturated carbocycles. The molecule has 3 rings (SSSR count). The summed E-state index contributed by atoms with van der Waals surface area (Å²) in [6.07, 6.45) is 13.7. The highest BCUT2D eigenvalue weighted by Crippen LogP contribution is 2.35. The second-order valence-corrected chi connectivity index (χ2v) is 6.48. The largest absolute Gasteiger partial charge is 0.374 e. The van der Waals surface area contributed by atoms with Gasteiger partial charge in [0.05, 0.1) is 5.60 Å². The third-order valence-electron chi connectivity index (χ3n) is 4.69. The summed E-state index contributed by atoms with van der Waals surface area (Å²) in [5.74, 6) is 1.01. The molecule has 0 bridgehead atoms. The Hall–Kier alpha value is -0.0800. The van der Waals surface area contributed by atoms with Gasteiger partial charge in [0.1, 0.15) is 0 Å². The zero-order valence-electron chi connectivity index (χ0n) is 11.0. The van der Waals surface area contributed by atoms with Crippen molar-refractivity contribution in [1.82, 2.24) is 5.32 Å². The van der Waals surface area contributed by atoms with Crippen molar-refractivity contribution in [2.24, 2.45) is 5.92 Å². The molecule has 0 saturated heterocycles. The second-order valence-electron chi connectivity index (χ2n) is 6.48. The smallest absolute Gasteiger partial charge is 0.0806 e. The molecule has 0 aromatic rings. The van der Waals surface area contributed by atoms with Crippen LogP contribution in [-0.2, 0) is 4.74 Å². The van der Waals surface area contributed by atoms with E-state index >= 15 is 0 Å². The van der Waals surface area contributed by atoms with Crippen molar-refractivity contribution < 1.29 is 4.74 Å². The molecule has 0 unspecified atom stereocenters. The standard InChI is InChI=1S/C15H27NO/c1-2-9-15(10-3-1,12-16-14-6-7-14)17-11-8-13-4-5-13/h13-14,16H,1-12H2. The van der Waals surface area contributed by atoms with Gasteiger partial charge in [0.25, 0.3) is 0 Å². The molecule has 3 aliphatic rings. The lowest BCUT2D eigenvalue weighted by atomic mass is 9.84. The third kappa shape index (κ3) is 3.69. The van der Waals surface area contributed by atoms with Gasteiger partial charge in [-0.1, -0.05) is 32.1 Å². The normalized spacial score (nSPS) is 28.2. The minimum atomic E-state index is 0.204. The van der Waals surface area contributed by atoms with E-state index in [1.807, 2.05) is 0 Å². The molecule has 0 heterocycles. The Morgan fingerprint density at radius 3 is 2.41 bits per heavy atom. The van der Waals surface area contributed by atoms with Crippen LogP contribution >= 0.6 is 0 Å². The lowest BCUT2D eigenvalue weighted by molar-refractivity contribution is -0.0705. The molecule has 0 atom stereocenters. The Kier molecular flexibility index (Phi) is 3.72. The Morgan fingerprint density at radius 2 is 1.76 bits per heavy atom. The lowest BCUT2D eigenvalue weighted by Crippen LogP contribution is -2.45. The van der Waals surface area contributed by atoms with Gasteiger partial charge in [-0.15, -0.1) is 0 Å². The number of ether oxygens (including phenoxy) is 1. The molecule has 2 heteroatoms. The summed E-state index contributed by atoms with van der Waals surface area (Å²) in [5.41, 5.74) is 0.204. The topological polar surface area (TPSA) is 21.3 Å². The average molecular weight is 237 g/mol. The molecule has 3 aliphatic carbocycles. The predicted molar refractivity (Wildman–Crippen MR) is 70.1 cm³/mol. The zero-order chi connectivity index (χ0) is 11.6. The van der Waals surface area contributed by atoms with Crippen molar-refractivity contribution in [1.29, 1.82) is 0 Å². The van der Waals surface area contributed by atoms with E-state index in [0.29, 0.717) is 0 Å². The molecule has 98 valence electrons. The van der Waals surface area contributed by atoms with Gasteiger partial charge in [-0.05, 0) is 38.0 Å². The Labute approximate surface area is 105 Å². The van der Waals surface area contributed by atoms with E-state index in [0.717, 1.165) is 25.1 Å². The van der Waals surface area contributed by atoms with Gasteiger partial charge in [0.2, 0.25) is 0 Å².